The van der Waals surface area contributed by atoms with Crippen LogP contribution in [0.5, 0.6) is 0 Å². The van der Waals surface area contributed by atoms with Crippen molar-refractivity contribution in [2.45, 2.75) is 25.6 Å². The first-order valence-electron chi connectivity index (χ1n) is 4.98. The summed E-state index contributed by atoms with van der Waals surface area (Å²) in [5.74, 6) is -0.937. The van der Waals surface area contributed by atoms with Gasteiger partial charge in [-0.25, -0.2) is 4.39 Å². The van der Waals surface area contributed by atoms with Crippen LogP contribution in [0.15, 0.2) is 30.4 Å². The van der Waals surface area contributed by atoms with Crippen molar-refractivity contribution in [3.63, 3.8) is 0 Å². The van der Waals surface area contributed by atoms with Gasteiger partial charge in [0.2, 0.25) is 0 Å². The van der Waals surface area contributed by atoms with E-state index in [2.05, 4.69) is 6.58 Å². The number of rotatable bonds is 3. The number of benzene rings is 1. The maximum absolute atomic E-state index is 13.5. The maximum Gasteiger partial charge on any atom is 0.416 e. The summed E-state index contributed by atoms with van der Waals surface area (Å²) in [6, 6.07) is 1.70. The number of halogens is 4. The largest absolute Gasteiger partial charge is 0.416 e. The Balaban J connectivity index is 3.02. The van der Waals surface area contributed by atoms with Gasteiger partial charge in [0.05, 0.1) is 5.56 Å². The second kappa shape index (κ2) is 4.87. The zero-order valence-electron chi connectivity index (χ0n) is 9.31. The Morgan fingerprint density at radius 2 is 2.00 bits per heavy atom. The molecule has 0 saturated carbocycles. The molecule has 0 aliphatic rings. The zero-order valence-corrected chi connectivity index (χ0v) is 9.31. The Labute approximate surface area is 96.9 Å². The molecule has 1 aromatic rings. The smallest absolute Gasteiger partial charge is 0.324 e. The zero-order chi connectivity index (χ0) is 13.2. The Morgan fingerprint density at radius 1 is 1.41 bits per heavy atom. The van der Waals surface area contributed by atoms with Gasteiger partial charge in [0.25, 0.3) is 0 Å². The third-order valence-electron chi connectivity index (χ3n) is 2.30. The molecule has 0 fully saturated rings. The van der Waals surface area contributed by atoms with E-state index in [9.17, 15) is 17.6 Å². The molecule has 0 saturated heterocycles. The fourth-order valence-corrected chi connectivity index (χ4v) is 1.49. The predicted molar refractivity (Wildman–Crippen MR) is 57.8 cm³/mol. The molecule has 5 heteroatoms. The molecule has 0 amide bonds. The minimum absolute atomic E-state index is 0.0704. The number of hydrogen-bond acceptors (Lipinski definition) is 1. The topological polar surface area (TPSA) is 26.0 Å². The van der Waals surface area contributed by atoms with Crippen molar-refractivity contribution in [2.24, 2.45) is 5.73 Å². The summed E-state index contributed by atoms with van der Waals surface area (Å²) >= 11 is 0. The molecule has 0 aliphatic heterocycles. The van der Waals surface area contributed by atoms with Crippen molar-refractivity contribution in [1.82, 2.24) is 0 Å². The fraction of sp³-hybridized carbons (Fsp3) is 0.333. The highest BCUT2D eigenvalue weighted by molar-refractivity contribution is 5.29. The quantitative estimate of drug-likeness (QED) is 0.638. The van der Waals surface area contributed by atoms with Gasteiger partial charge in [0.15, 0.2) is 0 Å². The Morgan fingerprint density at radius 3 is 2.41 bits per heavy atom. The third-order valence-corrected chi connectivity index (χ3v) is 2.30. The molecule has 1 atom stereocenters. The van der Waals surface area contributed by atoms with Crippen molar-refractivity contribution in [3.8, 4) is 0 Å². The van der Waals surface area contributed by atoms with E-state index in [-0.39, 0.29) is 5.56 Å². The lowest BCUT2D eigenvalue weighted by atomic mass is 9.99. The van der Waals surface area contributed by atoms with Gasteiger partial charge >= 0.3 is 6.18 Å². The van der Waals surface area contributed by atoms with E-state index in [1.165, 1.54) is 0 Å². The second-order valence-electron chi connectivity index (χ2n) is 4.00. The normalized spacial score (nSPS) is 13.5. The number of alkyl halides is 3. The first-order chi connectivity index (χ1) is 7.71. The van der Waals surface area contributed by atoms with Crippen LogP contribution in [0.25, 0.3) is 0 Å². The van der Waals surface area contributed by atoms with Gasteiger partial charge in [0.1, 0.15) is 5.82 Å². The van der Waals surface area contributed by atoms with Crippen LogP contribution in [-0.4, -0.2) is 0 Å². The highest BCUT2D eigenvalue weighted by Crippen LogP contribution is 2.31. The van der Waals surface area contributed by atoms with Crippen molar-refractivity contribution in [1.29, 1.82) is 0 Å². The van der Waals surface area contributed by atoms with Gasteiger partial charge in [-0.1, -0.05) is 11.6 Å². The Bertz CT molecular complexity index is 423. The maximum atomic E-state index is 13.5. The molecule has 0 radical (unpaired) electrons. The van der Waals surface area contributed by atoms with Crippen LogP contribution >= 0.6 is 0 Å². The summed E-state index contributed by atoms with van der Waals surface area (Å²) in [5.41, 5.74) is 5.48. The fourth-order valence-electron chi connectivity index (χ4n) is 1.49. The highest BCUT2D eigenvalue weighted by Gasteiger charge is 2.31. The van der Waals surface area contributed by atoms with Crippen LogP contribution in [0.4, 0.5) is 17.6 Å². The molecule has 0 unspecified atom stereocenters. The van der Waals surface area contributed by atoms with E-state index in [1.54, 1.807) is 6.92 Å². The van der Waals surface area contributed by atoms with Gasteiger partial charge in [-0.2, -0.15) is 13.2 Å². The molecule has 0 aromatic heterocycles. The molecule has 0 bridgehead atoms. The van der Waals surface area contributed by atoms with Crippen LogP contribution < -0.4 is 5.73 Å². The summed E-state index contributed by atoms with van der Waals surface area (Å²) in [6.45, 7) is 5.35. The lowest BCUT2D eigenvalue weighted by Gasteiger charge is -2.14. The average molecular weight is 247 g/mol. The molecule has 2 N–H and O–H groups in total. The van der Waals surface area contributed by atoms with Gasteiger partial charge < -0.3 is 5.73 Å². The van der Waals surface area contributed by atoms with Gasteiger partial charge in [0, 0.05) is 11.6 Å². The average Bonchev–Trinajstić information content (AvgIpc) is 2.14. The monoisotopic (exact) mass is 247 g/mol. The molecule has 0 spiro atoms. The SMILES string of the molecule is C=C(C)C[C@H](N)c1ccc(C(F)(F)F)cc1F. The van der Waals surface area contributed by atoms with Crippen LogP contribution in [0, 0.1) is 5.82 Å². The lowest BCUT2D eigenvalue weighted by Crippen LogP contribution is -2.14. The van der Waals surface area contributed by atoms with Gasteiger partial charge in [-0.15, -0.1) is 6.58 Å². The van der Waals surface area contributed by atoms with Crippen molar-refractivity contribution in [3.05, 3.63) is 47.3 Å². The summed E-state index contributed by atoms with van der Waals surface area (Å²) < 4.78 is 50.4. The van der Waals surface area contributed by atoms with E-state index < -0.39 is 23.6 Å². The van der Waals surface area contributed by atoms with E-state index in [0.717, 1.165) is 17.7 Å². The first-order valence-corrected chi connectivity index (χ1v) is 4.98. The van der Waals surface area contributed by atoms with E-state index in [4.69, 9.17) is 5.73 Å². The first kappa shape index (κ1) is 13.7. The lowest BCUT2D eigenvalue weighted by molar-refractivity contribution is -0.137. The molecule has 0 aliphatic carbocycles. The van der Waals surface area contributed by atoms with E-state index in [1.807, 2.05) is 0 Å². The van der Waals surface area contributed by atoms with Crippen LogP contribution in [0.1, 0.15) is 30.5 Å². The Kier molecular flexibility index (Phi) is 3.93. The third kappa shape index (κ3) is 3.56. The van der Waals surface area contributed by atoms with Gasteiger partial charge in [-0.3, -0.25) is 0 Å². The summed E-state index contributed by atoms with van der Waals surface area (Å²) in [5, 5.41) is 0. The molecule has 94 valence electrons. The molecular weight excluding hydrogens is 234 g/mol. The standard InChI is InChI=1S/C12H13F4N/c1-7(2)5-11(17)9-4-3-8(6-10(9)13)12(14,15)16/h3-4,6,11H,1,5,17H2,2H3/t11-/m0/s1. The molecule has 1 aromatic carbocycles. The van der Waals surface area contributed by atoms with Crippen molar-refractivity contribution < 1.29 is 17.6 Å². The van der Waals surface area contributed by atoms with Crippen LogP contribution in [-0.2, 0) is 6.18 Å². The Hall–Kier alpha value is -1.36. The molecule has 17 heavy (non-hydrogen) atoms. The summed E-state index contributed by atoms with van der Waals surface area (Å²) in [7, 11) is 0. The minimum Gasteiger partial charge on any atom is -0.324 e. The van der Waals surface area contributed by atoms with Crippen molar-refractivity contribution >= 4 is 0 Å². The predicted octanol–water partition coefficient (Wildman–Crippen LogP) is 3.81. The molecular formula is C12H13F4N. The molecule has 1 rings (SSSR count). The van der Waals surface area contributed by atoms with Crippen LogP contribution in [0.2, 0.25) is 0 Å². The highest BCUT2D eigenvalue weighted by atomic mass is 19.4. The summed E-state index contributed by atoms with van der Waals surface area (Å²) in [4.78, 5) is 0. The number of hydrogen-bond donors (Lipinski definition) is 1. The second-order valence-corrected chi connectivity index (χ2v) is 4.00. The molecule has 0 heterocycles. The van der Waals surface area contributed by atoms with Crippen LogP contribution in [0.3, 0.4) is 0 Å². The van der Waals surface area contributed by atoms with Gasteiger partial charge in [-0.05, 0) is 25.5 Å². The van der Waals surface area contributed by atoms with E-state index in [0.29, 0.717) is 12.5 Å². The number of nitrogens with two attached hydrogens (primary N) is 1. The minimum atomic E-state index is -4.54. The van der Waals surface area contributed by atoms with Crippen molar-refractivity contribution in [2.75, 3.05) is 0 Å². The summed E-state index contributed by atoms with van der Waals surface area (Å²) in [6.07, 6.45) is -4.21. The molecule has 1 nitrogen and oxygen atoms in total. The van der Waals surface area contributed by atoms with E-state index >= 15 is 0 Å².